The van der Waals surface area contributed by atoms with Crippen LogP contribution in [0.1, 0.15) is 47.7 Å². The third kappa shape index (κ3) is 5.34. The zero-order chi connectivity index (χ0) is 26.5. The van der Waals surface area contributed by atoms with Crippen LogP contribution in [0.25, 0.3) is 10.4 Å². The van der Waals surface area contributed by atoms with Crippen LogP contribution in [0, 0.1) is 0 Å². The Morgan fingerprint density at radius 2 is 1.70 bits per heavy atom. The molecule has 0 spiro atoms. The van der Waals surface area contributed by atoms with Crippen LogP contribution >= 0.6 is 11.3 Å². The van der Waals surface area contributed by atoms with E-state index < -0.39 is 36.3 Å². The molecule has 0 fully saturated rings. The summed E-state index contributed by atoms with van der Waals surface area (Å²) in [7, 11) is 0. The lowest BCUT2D eigenvalue weighted by molar-refractivity contribution is -0.119. The second kappa shape index (κ2) is 11.0. The van der Waals surface area contributed by atoms with Crippen molar-refractivity contribution in [1.29, 1.82) is 0 Å². The molecule has 2 aromatic carbocycles. The van der Waals surface area contributed by atoms with Crippen LogP contribution in [0.15, 0.2) is 67.3 Å². The van der Waals surface area contributed by atoms with Gasteiger partial charge in [0, 0.05) is 11.4 Å². The van der Waals surface area contributed by atoms with Crippen molar-refractivity contribution in [3.63, 3.8) is 0 Å². The molecule has 0 aliphatic carbocycles. The first-order valence-electron chi connectivity index (χ1n) is 11.3. The number of rotatable bonds is 9. The number of carbonyl (C=O) groups excluding carboxylic acids is 5. The van der Waals surface area contributed by atoms with Gasteiger partial charge in [-0.15, -0.1) is 17.9 Å². The Bertz CT molecular complexity index is 1410. The second-order valence-corrected chi connectivity index (χ2v) is 8.89. The molecule has 3 aromatic rings. The number of hydrogen-bond donors (Lipinski definition) is 1. The van der Waals surface area contributed by atoms with Crippen LogP contribution in [0.5, 0.6) is 0 Å². The number of imide groups is 1. The minimum Gasteiger partial charge on any atom is -0.462 e. The van der Waals surface area contributed by atoms with E-state index in [2.05, 4.69) is 11.9 Å². The maximum atomic E-state index is 12.6. The molecule has 1 aliphatic rings. The van der Waals surface area contributed by atoms with E-state index in [-0.39, 0.29) is 40.4 Å². The first-order chi connectivity index (χ1) is 17.8. The Balaban J connectivity index is 1.45. The van der Waals surface area contributed by atoms with Gasteiger partial charge in [-0.3, -0.25) is 19.3 Å². The summed E-state index contributed by atoms with van der Waals surface area (Å²) in [5, 5.41) is 2.60. The summed E-state index contributed by atoms with van der Waals surface area (Å²) in [6.07, 6.45) is 1.43. The fourth-order valence-electron chi connectivity index (χ4n) is 3.69. The number of nitrogens with zero attached hydrogens (tertiary/aromatic N) is 1. The SMILES string of the molecule is C=CCN1C(=O)c2ccc(C(=O)OCC(=O)Nc3cc(-c4ccccc4)sc3C(=O)OCC)cc2C1=O. The summed E-state index contributed by atoms with van der Waals surface area (Å²) >= 11 is 1.17. The number of esters is 2. The topological polar surface area (TPSA) is 119 Å². The fourth-order valence-corrected chi connectivity index (χ4v) is 4.70. The van der Waals surface area contributed by atoms with E-state index in [1.54, 1.807) is 13.0 Å². The van der Waals surface area contributed by atoms with E-state index >= 15 is 0 Å². The molecule has 1 aliphatic heterocycles. The van der Waals surface area contributed by atoms with Gasteiger partial charge in [0.15, 0.2) is 6.61 Å². The molecule has 3 amide bonds. The number of carbonyl (C=O) groups is 5. The Hall–Kier alpha value is -4.57. The molecule has 37 heavy (non-hydrogen) atoms. The second-order valence-electron chi connectivity index (χ2n) is 7.83. The minimum atomic E-state index is -0.846. The molecule has 0 saturated carbocycles. The smallest absolute Gasteiger partial charge is 0.350 e. The molecule has 0 atom stereocenters. The van der Waals surface area contributed by atoms with Crippen molar-refractivity contribution in [2.45, 2.75) is 6.92 Å². The van der Waals surface area contributed by atoms with Gasteiger partial charge in [-0.05, 0) is 36.8 Å². The molecule has 1 aromatic heterocycles. The highest BCUT2D eigenvalue weighted by atomic mass is 32.1. The number of fused-ring (bicyclic) bond motifs is 1. The third-order valence-corrected chi connectivity index (χ3v) is 6.54. The minimum absolute atomic E-state index is 0.0160. The van der Waals surface area contributed by atoms with Crippen LogP contribution in [-0.2, 0) is 14.3 Å². The highest BCUT2D eigenvalue weighted by molar-refractivity contribution is 7.18. The molecule has 9 nitrogen and oxygen atoms in total. The molecular formula is C27H22N2O7S. The standard InChI is InChI=1S/C27H22N2O7S/c1-3-12-29-24(31)18-11-10-17(13-19(18)25(29)32)26(33)36-15-22(30)28-20-14-21(16-8-6-5-7-9-16)37-23(20)27(34)35-4-2/h3,5-11,13-14H,1,4,12,15H2,2H3,(H,28,30). The predicted octanol–water partition coefficient (Wildman–Crippen LogP) is 4.17. The summed E-state index contributed by atoms with van der Waals surface area (Å²) in [6.45, 7) is 4.80. The lowest BCUT2D eigenvalue weighted by atomic mass is 10.1. The van der Waals surface area contributed by atoms with Crippen LogP contribution < -0.4 is 5.32 Å². The van der Waals surface area contributed by atoms with E-state index in [0.717, 1.165) is 15.3 Å². The molecule has 0 saturated heterocycles. The number of amides is 3. The highest BCUT2D eigenvalue weighted by Crippen LogP contribution is 2.35. The van der Waals surface area contributed by atoms with Crippen LogP contribution in [0.2, 0.25) is 0 Å². The first kappa shape index (κ1) is 25.5. The number of benzene rings is 2. The highest BCUT2D eigenvalue weighted by Gasteiger charge is 2.35. The zero-order valence-corrected chi connectivity index (χ0v) is 20.6. The molecule has 10 heteroatoms. The number of nitrogens with one attached hydrogen (secondary N) is 1. The Morgan fingerprint density at radius 1 is 0.973 bits per heavy atom. The van der Waals surface area contributed by atoms with Crippen molar-refractivity contribution in [3.05, 3.63) is 88.8 Å². The van der Waals surface area contributed by atoms with E-state index in [1.807, 2.05) is 30.3 Å². The van der Waals surface area contributed by atoms with Gasteiger partial charge in [-0.2, -0.15) is 0 Å². The maximum absolute atomic E-state index is 12.6. The lowest BCUT2D eigenvalue weighted by Crippen LogP contribution is -2.29. The molecule has 1 N–H and O–H groups in total. The lowest BCUT2D eigenvalue weighted by Gasteiger charge is -2.09. The summed E-state index contributed by atoms with van der Waals surface area (Å²) in [6, 6.07) is 15.0. The van der Waals surface area contributed by atoms with Gasteiger partial charge < -0.3 is 14.8 Å². The van der Waals surface area contributed by atoms with E-state index in [0.29, 0.717) is 0 Å². The zero-order valence-electron chi connectivity index (χ0n) is 19.8. The van der Waals surface area contributed by atoms with Crippen molar-refractivity contribution in [2.24, 2.45) is 0 Å². The molecule has 0 bridgehead atoms. The average Bonchev–Trinajstić information content (AvgIpc) is 3.43. The molecule has 2 heterocycles. The normalized spacial score (nSPS) is 12.2. The Kier molecular flexibility index (Phi) is 7.59. The number of thiophene rings is 1. The van der Waals surface area contributed by atoms with Crippen LogP contribution in [-0.4, -0.2) is 54.3 Å². The van der Waals surface area contributed by atoms with Crippen molar-refractivity contribution >= 4 is 46.7 Å². The quantitative estimate of drug-likeness (QED) is 0.257. The summed E-state index contributed by atoms with van der Waals surface area (Å²) in [5.41, 5.74) is 1.38. The molecular weight excluding hydrogens is 496 g/mol. The van der Waals surface area contributed by atoms with Crippen molar-refractivity contribution in [3.8, 4) is 10.4 Å². The predicted molar refractivity (Wildman–Crippen MR) is 137 cm³/mol. The fraction of sp³-hybridized carbons (Fsp3) is 0.148. The van der Waals surface area contributed by atoms with Gasteiger partial charge in [-0.1, -0.05) is 36.4 Å². The van der Waals surface area contributed by atoms with E-state index in [1.165, 1.54) is 35.6 Å². The number of anilines is 1. The van der Waals surface area contributed by atoms with Gasteiger partial charge in [0.1, 0.15) is 4.88 Å². The number of hydrogen-bond acceptors (Lipinski definition) is 8. The van der Waals surface area contributed by atoms with Crippen molar-refractivity contribution in [1.82, 2.24) is 4.90 Å². The first-order valence-corrected chi connectivity index (χ1v) is 12.1. The summed E-state index contributed by atoms with van der Waals surface area (Å²) < 4.78 is 10.2. The van der Waals surface area contributed by atoms with E-state index in [9.17, 15) is 24.0 Å². The van der Waals surface area contributed by atoms with Crippen molar-refractivity contribution in [2.75, 3.05) is 25.1 Å². The monoisotopic (exact) mass is 518 g/mol. The van der Waals surface area contributed by atoms with Gasteiger partial charge in [-0.25, -0.2) is 9.59 Å². The average molecular weight is 519 g/mol. The van der Waals surface area contributed by atoms with Gasteiger partial charge in [0.05, 0.1) is 29.0 Å². The summed E-state index contributed by atoms with van der Waals surface area (Å²) in [4.78, 5) is 64.4. The largest absolute Gasteiger partial charge is 0.462 e. The molecule has 0 unspecified atom stereocenters. The van der Waals surface area contributed by atoms with Crippen LogP contribution in [0.3, 0.4) is 0 Å². The van der Waals surface area contributed by atoms with Crippen molar-refractivity contribution < 1.29 is 33.4 Å². The number of ether oxygens (including phenoxy) is 2. The van der Waals surface area contributed by atoms with Crippen LogP contribution in [0.4, 0.5) is 5.69 Å². The molecule has 0 radical (unpaired) electrons. The van der Waals surface area contributed by atoms with Gasteiger partial charge in [0.2, 0.25) is 0 Å². The Labute approximate surface area is 216 Å². The molecule has 188 valence electrons. The van der Waals surface area contributed by atoms with Gasteiger partial charge in [0.25, 0.3) is 17.7 Å². The van der Waals surface area contributed by atoms with Gasteiger partial charge >= 0.3 is 11.9 Å². The maximum Gasteiger partial charge on any atom is 0.350 e. The Morgan fingerprint density at radius 3 is 2.41 bits per heavy atom. The summed E-state index contributed by atoms with van der Waals surface area (Å²) in [5.74, 6) is -3.10. The molecule has 4 rings (SSSR count). The third-order valence-electron chi connectivity index (χ3n) is 5.38. The van der Waals surface area contributed by atoms with E-state index in [4.69, 9.17) is 9.47 Å².